The Bertz CT molecular complexity index is 388. The number of aryl methyl sites for hydroxylation is 1. The topological polar surface area (TPSA) is 64.2 Å². The smallest absolute Gasteiger partial charge is 0.293 e. The predicted octanol–water partition coefficient (Wildman–Crippen LogP) is 0.828. The van der Waals surface area contributed by atoms with Crippen molar-refractivity contribution < 1.29 is 0 Å². The molecule has 2 N–H and O–H groups in total. The third kappa shape index (κ3) is 3.56. The summed E-state index contributed by atoms with van der Waals surface area (Å²) in [5.74, 6) is 0.522. The van der Waals surface area contributed by atoms with Crippen molar-refractivity contribution in [2.24, 2.45) is 5.73 Å². The van der Waals surface area contributed by atoms with Crippen molar-refractivity contribution in [3.05, 3.63) is 22.7 Å². The molecule has 0 aromatic carbocycles. The van der Waals surface area contributed by atoms with Gasteiger partial charge in [-0.15, -0.1) is 0 Å². The Morgan fingerprint density at radius 1 is 1.41 bits per heavy atom. The minimum Gasteiger partial charge on any atom is -0.351 e. The zero-order valence-corrected chi connectivity index (χ0v) is 10.7. The maximum absolute atomic E-state index is 12.1. The Kier molecular flexibility index (Phi) is 5.69. The van der Waals surface area contributed by atoms with E-state index in [0.29, 0.717) is 25.5 Å². The fraction of sp³-hybridized carbons (Fsp3) is 0.667. The van der Waals surface area contributed by atoms with Gasteiger partial charge in [-0.3, -0.25) is 4.79 Å². The average molecular weight is 238 g/mol. The molecule has 0 bridgehead atoms. The summed E-state index contributed by atoms with van der Waals surface area (Å²) in [4.78, 5) is 18.3. The molecule has 1 heterocycles. The summed E-state index contributed by atoms with van der Waals surface area (Å²) in [7, 11) is 0. The maximum atomic E-state index is 12.1. The van der Waals surface area contributed by atoms with E-state index in [9.17, 15) is 4.79 Å². The molecule has 0 saturated heterocycles. The van der Waals surface area contributed by atoms with Crippen LogP contribution in [0.25, 0.3) is 0 Å². The van der Waals surface area contributed by atoms with Gasteiger partial charge < -0.3 is 15.2 Å². The molecule has 5 heteroatoms. The number of aromatic nitrogens is 2. The van der Waals surface area contributed by atoms with Crippen LogP contribution in [-0.4, -0.2) is 29.2 Å². The lowest BCUT2D eigenvalue weighted by molar-refractivity contribution is 0.673. The van der Waals surface area contributed by atoms with Gasteiger partial charge in [0.25, 0.3) is 5.56 Å². The fourth-order valence-corrected chi connectivity index (χ4v) is 1.73. The molecule has 5 nitrogen and oxygen atoms in total. The van der Waals surface area contributed by atoms with Crippen molar-refractivity contribution in [3.8, 4) is 0 Å². The van der Waals surface area contributed by atoms with Crippen molar-refractivity contribution in [1.29, 1.82) is 0 Å². The molecule has 0 fully saturated rings. The third-order valence-electron chi connectivity index (χ3n) is 2.72. The van der Waals surface area contributed by atoms with E-state index in [1.165, 1.54) is 0 Å². The van der Waals surface area contributed by atoms with Gasteiger partial charge in [-0.2, -0.15) is 0 Å². The lowest BCUT2D eigenvalue weighted by Crippen LogP contribution is -2.37. The van der Waals surface area contributed by atoms with E-state index in [2.05, 4.69) is 11.9 Å². The Labute approximate surface area is 102 Å². The first-order chi connectivity index (χ1) is 8.24. The molecular formula is C12H22N4O. The quantitative estimate of drug-likeness (QED) is 0.764. The van der Waals surface area contributed by atoms with E-state index in [-0.39, 0.29) is 5.56 Å². The molecule has 0 unspecified atom stereocenters. The highest BCUT2D eigenvalue weighted by molar-refractivity contribution is 5.35. The lowest BCUT2D eigenvalue weighted by atomic mass is 10.3. The number of unbranched alkanes of at least 4 members (excludes halogenated alkanes) is 1. The maximum Gasteiger partial charge on any atom is 0.293 e. The van der Waals surface area contributed by atoms with Crippen molar-refractivity contribution in [3.63, 3.8) is 0 Å². The second kappa shape index (κ2) is 7.06. The van der Waals surface area contributed by atoms with Crippen LogP contribution < -0.4 is 16.2 Å². The van der Waals surface area contributed by atoms with Gasteiger partial charge in [-0.05, 0) is 13.3 Å². The van der Waals surface area contributed by atoms with Crippen molar-refractivity contribution in [2.45, 2.75) is 33.2 Å². The van der Waals surface area contributed by atoms with Gasteiger partial charge in [-0.25, -0.2) is 4.98 Å². The third-order valence-corrected chi connectivity index (χ3v) is 2.72. The zero-order valence-electron chi connectivity index (χ0n) is 10.7. The van der Waals surface area contributed by atoms with Gasteiger partial charge in [0.15, 0.2) is 5.82 Å². The normalized spacial score (nSPS) is 10.5. The highest BCUT2D eigenvalue weighted by Gasteiger charge is 2.11. The van der Waals surface area contributed by atoms with Crippen molar-refractivity contribution in [1.82, 2.24) is 9.55 Å². The van der Waals surface area contributed by atoms with Crippen LogP contribution in [0, 0.1) is 0 Å². The standard InChI is InChI=1S/C12H22N4O/c1-3-5-8-16(9-6-13)11-12(17)15(4-2)10-7-14-11/h7,10H,3-6,8-9,13H2,1-2H3. The number of nitrogens with zero attached hydrogens (tertiary/aromatic N) is 3. The molecule has 17 heavy (non-hydrogen) atoms. The van der Waals surface area contributed by atoms with Crippen LogP contribution in [0.15, 0.2) is 17.2 Å². The molecule has 0 atom stereocenters. The highest BCUT2D eigenvalue weighted by atomic mass is 16.1. The lowest BCUT2D eigenvalue weighted by Gasteiger charge is -2.22. The molecular weight excluding hydrogens is 216 g/mol. The molecule has 0 spiro atoms. The average Bonchev–Trinajstić information content (AvgIpc) is 2.35. The summed E-state index contributed by atoms with van der Waals surface area (Å²) in [6.45, 7) is 6.79. The number of anilines is 1. The number of nitrogens with two attached hydrogens (primary N) is 1. The molecule has 0 aliphatic carbocycles. The molecule has 0 saturated carbocycles. The molecule has 0 amide bonds. The second-order valence-corrected chi connectivity index (χ2v) is 3.97. The second-order valence-electron chi connectivity index (χ2n) is 3.97. The predicted molar refractivity (Wildman–Crippen MR) is 70.3 cm³/mol. The summed E-state index contributed by atoms with van der Waals surface area (Å²) in [6.07, 6.45) is 5.53. The van der Waals surface area contributed by atoms with Crippen LogP contribution in [0.4, 0.5) is 5.82 Å². The summed E-state index contributed by atoms with van der Waals surface area (Å²) < 4.78 is 1.66. The van der Waals surface area contributed by atoms with Gasteiger partial charge in [0.2, 0.25) is 0 Å². The van der Waals surface area contributed by atoms with Crippen LogP contribution in [0.1, 0.15) is 26.7 Å². The van der Waals surface area contributed by atoms with Crippen LogP contribution in [0.5, 0.6) is 0 Å². The Balaban J connectivity index is 2.96. The number of hydrogen-bond donors (Lipinski definition) is 1. The first kappa shape index (κ1) is 13.7. The Hall–Kier alpha value is -1.36. The van der Waals surface area contributed by atoms with E-state index < -0.39 is 0 Å². The first-order valence-electron chi connectivity index (χ1n) is 6.25. The van der Waals surface area contributed by atoms with E-state index in [1.54, 1.807) is 17.0 Å². The molecule has 0 aliphatic rings. The molecule has 96 valence electrons. The summed E-state index contributed by atoms with van der Waals surface area (Å²) in [5, 5.41) is 0. The van der Waals surface area contributed by atoms with E-state index in [1.807, 2.05) is 11.8 Å². The minimum absolute atomic E-state index is 0.0282. The fourth-order valence-electron chi connectivity index (χ4n) is 1.73. The van der Waals surface area contributed by atoms with E-state index in [0.717, 1.165) is 19.4 Å². The SMILES string of the molecule is CCCCN(CCN)c1nccn(CC)c1=O. The van der Waals surface area contributed by atoms with Gasteiger partial charge in [0, 0.05) is 38.6 Å². The molecule has 1 aromatic heterocycles. The summed E-state index contributed by atoms with van der Waals surface area (Å²) in [5.41, 5.74) is 5.55. The highest BCUT2D eigenvalue weighted by Crippen LogP contribution is 2.04. The van der Waals surface area contributed by atoms with Gasteiger partial charge >= 0.3 is 0 Å². The van der Waals surface area contributed by atoms with Crippen molar-refractivity contribution >= 4 is 5.82 Å². The van der Waals surface area contributed by atoms with E-state index >= 15 is 0 Å². The van der Waals surface area contributed by atoms with Crippen LogP contribution in [-0.2, 0) is 6.54 Å². The van der Waals surface area contributed by atoms with Crippen LogP contribution in [0.3, 0.4) is 0 Å². The molecule has 0 radical (unpaired) electrons. The van der Waals surface area contributed by atoms with Gasteiger partial charge in [-0.1, -0.05) is 13.3 Å². The monoisotopic (exact) mass is 238 g/mol. The number of hydrogen-bond acceptors (Lipinski definition) is 4. The molecule has 1 aromatic rings. The minimum atomic E-state index is -0.0282. The Morgan fingerprint density at radius 3 is 2.76 bits per heavy atom. The molecule has 0 aliphatic heterocycles. The number of rotatable bonds is 7. The summed E-state index contributed by atoms with van der Waals surface area (Å²) in [6, 6.07) is 0. The van der Waals surface area contributed by atoms with Gasteiger partial charge in [0.1, 0.15) is 0 Å². The Morgan fingerprint density at radius 2 is 2.18 bits per heavy atom. The van der Waals surface area contributed by atoms with Crippen LogP contribution in [0.2, 0.25) is 0 Å². The first-order valence-corrected chi connectivity index (χ1v) is 6.25. The van der Waals surface area contributed by atoms with Crippen molar-refractivity contribution in [2.75, 3.05) is 24.5 Å². The largest absolute Gasteiger partial charge is 0.351 e. The van der Waals surface area contributed by atoms with E-state index in [4.69, 9.17) is 5.73 Å². The molecule has 1 rings (SSSR count). The van der Waals surface area contributed by atoms with Crippen LogP contribution >= 0.6 is 0 Å². The summed E-state index contributed by atoms with van der Waals surface area (Å²) >= 11 is 0. The van der Waals surface area contributed by atoms with Gasteiger partial charge in [0.05, 0.1) is 0 Å². The zero-order chi connectivity index (χ0) is 12.7.